The van der Waals surface area contributed by atoms with Crippen LogP contribution in [0.2, 0.25) is 0 Å². The van der Waals surface area contributed by atoms with Gasteiger partial charge in [0.25, 0.3) is 5.91 Å². The summed E-state index contributed by atoms with van der Waals surface area (Å²) < 4.78 is 27.7. The van der Waals surface area contributed by atoms with Crippen molar-refractivity contribution in [3.8, 4) is 11.4 Å². The molecule has 1 aliphatic heterocycles. The molecule has 0 aliphatic carbocycles. The minimum absolute atomic E-state index is 0.224. The van der Waals surface area contributed by atoms with Crippen molar-refractivity contribution in [1.82, 2.24) is 34.6 Å². The molecule has 0 saturated carbocycles. The van der Waals surface area contributed by atoms with Crippen molar-refractivity contribution >= 4 is 15.9 Å². The lowest BCUT2D eigenvalue weighted by Crippen LogP contribution is -2.38. The maximum atomic E-state index is 13.3. The average molecular weight is 430 g/mol. The lowest BCUT2D eigenvalue weighted by atomic mass is 10.1. The van der Waals surface area contributed by atoms with Crippen LogP contribution in [0, 0.1) is 6.92 Å². The Labute approximate surface area is 174 Å². The van der Waals surface area contributed by atoms with Gasteiger partial charge >= 0.3 is 0 Å². The van der Waals surface area contributed by atoms with E-state index in [4.69, 9.17) is 0 Å². The molecule has 2 N–H and O–H groups in total. The summed E-state index contributed by atoms with van der Waals surface area (Å²) >= 11 is 0. The number of carbonyl (C=O) groups is 1. The maximum Gasteiger partial charge on any atom is 0.272 e. The van der Waals surface area contributed by atoms with Gasteiger partial charge in [-0.3, -0.25) is 14.6 Å². The zero-order chi connectivity index (χ0) is 21.5. The normalized spacial score (nSPS) is 19.4. The van der Waals surface area contributed by atoms with Crippen molar-refractivity contribution < 1.29 is 13.2 Å². The van der Waals surface area contributed by atoms with Crippen molar-refractivity contribution in [3.05, 3.63) is 53.6 Å². The number of aromatic nitrogens is 5. The fraction of sp³-hybridized carbons (Fsp3) is 0.368. The number of likely N-dealkylation sites (tertiary alicyclic amines) is 1. The predicted octanol–water partition coefficient (Wildman–Crippen LogP) is 1.02. The summed E-state index contributed by atoms with van der Waals surface area (Å²) in [6.45, 7) is 2.04. The van der Waals surface area contributed by atoms with Crippen molar-refractivity contribution in [2.24, 2.45) is 7.05 Å². The smallest absolute Gasteiger partial charge is 0.272 e. The number of carbonyl (C=O) groups excluding carboxylic acids is 1. The summed E-state index contributed by atoms with van der Waals surface area (Å²) in [6.07, 6.45) is 1.50. The molecular formula is C19H23N7O3S. The van der Waals surface area contributed by atoms with Gasteiger partial charge in [0.2, 0.25) is 10.0 Å². The number of hydrogen-bond acceptors (Lipinski definition) is 6. The van der Waals surface area contributed by atoms with Gasteiger partial charge in [-0.1, -0.05) is 30.3 Å². The SMILES string of the molecule is Cc1cc(C(=O)N2C[C@@H](NS(C)(=O)=O)C[C@H]2c2nc(-c3ccccc3)n[nH]2)n(C)n1. The highest BCUT2D eigenvalue weighted by atomic mass is 32.2. The Bertz CT molecular complexity index is 1170. The lowest BCUT2D eigenvalue weighted by molar-refractivity contribution is 0.0717. The zero-order valence-electron chi connectivity index (χ0n) is 16.9. The molecule has 1 aliphatic rings. The lowest BCUT2D eigenvalue weighted by Gasteiger charge is -2.22. The third kappa shape index (κ3) is 4.12. The van der Waals surface area contributed by atoms with Crippen LogP contribution in [0.5, 0.6) is 0 Å². The average Bonchev–Trinajstić information content (AvgIpc) is 3.39. The van der Waals surface area contributed by atoms with E-state index in [2.05, 4.69) is 25.0 Å². The molecular weight excluding hydrogens is 406 g/mol. The second-order valence-electron chi connectivity index (χ2n) is 7.50. The Morgan fingerprint density at radius 2 is 2.00 bits per heavy atom. The van der Waals surface area contributed by atoms with Gasteiger partial charge in [-0.25, -0.2) is 18.1 Å². The van der Waals surface area contributed by atoms with Gasteiger partial charge < -0.3 is 4.90 Å². The standard InChI is InChI=1S/C19H23N7O3S/c1-12-9-16(25(2)23-12)19(27)26-11-14(24-30(3,28)29)10-15(26)18-20-17(21-22-18)13-7-5-4-6-8-13/h4-9,14-15,24H,10-11H2,1-3H3,(H,20,21,22)/t14-,15-/m0/s1. The first-order valence-electron chi connectivity index (χ1n) is 9.48. The molecule has 2 atom stereocenters. The molecule has 1 aromatic carbocycles. The first-order chi connectivity index (χ1) is 14.2. The minimum Gasteiger partial charge on any atom is -0.325 e. The van der Waals surface area contributed by atoms with E-state index in [1.54, 1.807) is 18.0 Å². The number of nitrogens with one attached hydrogen (secondary N) is 2. The van der Waals surface area contributed by atoms with Gasteiger partial charge in [0.05, 0.1) is 18.0 Å². The van der Waals surface area contributed by atoms with Gasteiger partial charge in [-0.2, -0.15) is 10.2 Å². The second kappa shape index (κ2) is 7.65. The third-order valence-corrected chi connectivity index (χ3v) is 5.78. The number of rotatable bonds is 5. The van der Waals surface area contributed by atoms with Crippen LogP contribution in [-0.2, 0) is 17.1 Å². The van der Waals surface area contributed by atoms with Gasteiger partial charge in [0.1, 0.15) is 11.5 Å². The molecule has 158 valence electrons. The number of aromatic amines is 1. The molecule has 1 saturated heterocycles. The van der Waals surface area contributed by atoms with E-state index < -0.39 is 22.1 Å². The second-order valence-corrected chi connectivity index (χ2v) is 9.28. The van der Waals surface area contributed by atoms with Gasteiger partial charge in [-0.15, -0.1) is 0 Å². The van der Waals surface area contributed by atoms with Crippen LogP contribution in [0.25, 0.3) is 11.4 Å². The van der Waals surface area contributed by atoms with E-state index in [0.717, 1.165) is 17.5 Å². The summed E-state index contributed by atoms with van der Waals surface area (Å²) in [6, 6.07) is 10.3. The highest BCUT2D eigenvalue weighted by Gasteiger charge is 2.40. The molecule has 0 spiro atoms. The molecule has 2 aromatic heterocycles. The number of hydrogen-bond donors (Lipinski definition) is 2. The molecule has 4 rings (SSSR count). The number of sulfonamides is 1. The number of nitrogens with zero attached hydrogens (tertiary/aromatic N) is 5. The molecule has 11 heteroatoms. The minimum atomic E-state index is -3.42. The number of benzene rings is 1. The van der Waals surface area contributed by atoms with E-state index in [1.165, 1.54) is 4.68 Å². The number of amides is 1. The summed E-state index contributed by atoms with van der Waals surface area (Å²) in [5.41, 5.74) is 2.01. The monoisotopic (exact) mass is 429 g/mol. The topological polar surface area (TPSA) is 126 Å². The van der Waals surface area contributed by atoms with E-state index in [1.807, 2.05) is 37.3 Å². The summed E-state index contributed by atoms with van der Waals surface area (Å²) in [5, 5.41) is 11.5. The van der Waals surface area contributed by atoms with Gasteiger partial charge in [-0.05, 0) is 19.4 Å². The number of H-pyrrole nitrogens is 1. The maximum absolute atomic E-state index is 13.3. The van der Waals surface area contributed by atoms with Crippen LogP contribution in [-0.4, -0.2) is 63.0 Å². The van der Waals surface area contributed by atoms with Crippen molar-refractivity contribution in [2.45, 2.75) is 25.4 Å². The van der Waals surface area contributed by atoms with E-state index >= 15 is 0 Å². The molecule has 30 heavy (non-hydrogen) atoms. The van der Waals surface area contributed by atoms with Crippen molar-refractivity contribution in [2.75, 3.05) is 12.8 Å². The Kier molecular flexibility index (Phi) is 5.16. The highest BCUT2D eigenvalue weighted by Crippen LogP contribution is 2.32. The van der Waals surface area contributed by atoms with E-state index in [9.17, 15) is 13.2 Å². The summed E-state index contributed by atoms with van der Waals surface area (Å²) in [5.74, 6) is 0.798. The Hall–Kier alpha value is -3.05. The Morgan fingerprint density at radius 1 is 1.27 bits per heavy atom. The van der Waals surface area contributed by atoms with Gasteiger partial charge in [0.15, 0.2) is 5.82 Å². The molecule has 0 radical (unpaired) electrons. The molecule has 10 nitrogen and oxygen atoms in total. The molecule has 0 bridgehead atoms. The number of aryl methyl sites for hydroxylation is 2. The molecule has 1 fully saturated rings. The molecule has 1 amide bonds. The van der Waals surface area contributed by atoms with Crippen LogP contribution < -0.4 is 4.72 Å². The largest absolute Gasteiger partial charge is 0.325 e. The fourth-order valence-corrected chi connectivity index (χ4v) is 4.58. The van der Waals surface area contributed by atoms with Gasteiger partial charge in [0, 0.05) is 25.2 Å². The van der Waals surface area contributed by atoms with Crippen molar-refractivity contribution in [1.29, 1.82) is 0 Å². The quantitative estimate of drug-likeness (QED) is 0.624. The van der Waals surface area contributed by atoms with Crippen LogP contribution in [0.15, 0.2) is 36.4 Å². The fourth-order valence-electron chi connectivity index (χ4n) is 3.81. The first kappa shape index (κ1) is 20.2. The molecule has 3 heterocycles. The van der Waals surface area contributed by atoms with Crippen LogP contribution in [0.3, 0.4) is 0 Å². The van der Waals surface area contributed by atoms with E-state index in [0.29, 0.717) is 23.8 Å². The highest BCUT2D eigenvalue weighted by molar-refractivity contribution is 7.88. The van der Waals surface area contributed by atoms with Crippen LogP contribution in [0.4, 0.5) is 0 Å². The van der Waals surface area contributed by atoms with Crippen LogP contribution >= 0.6 is 0 Å². The predicted molar refractivity (Wildman–Crippen MR) is 110 cm³/mol. The Morgan fingerprint density at radius 3 is 2.63 bits per heavy atom. The zero-order valence-corrected chi connectivity index (χ0v) is 17.7. The molecule has 0 unspecified atom stereocenters. The summed E-state index contributed by atoms with van der Waals surface area (Å²) in [7, 11) is -1.71. The Balaban J connectivity index is 1.67. The van der Waals surface area contributed by atoms with E-state index in [-0.39, 0.29) is 12.5 Å². The van der Waals surface area contributed by atoms with Crippen LogP contribution in [0.1, 0.15) is 34.5 Å². The third-order valence-electron chi connectivity index (χ3n) is 5.01. The summed E-state index contributed by atoms with van der Waals surface area (Å²) in [4.78, 5) is 19.5. The van der Waals surface area contributed by atoms with Crippen molar-refractivity contribution in [3.63, 3.8) is 0 Å². The molecule has 3 aromatic rings. The first-order valence-corrected chi connectivity index (χ1v) is 11.4.